The zero-order valence-electron chi connectivity index (χ0n) is 20.2. The Labute approximate surface area is 207 Å². The quantitative estimate of drug-likeness (QED) is 0.353. The van der Waals surface area contributed by atoms with Gasteiger partial charge in [-0.3, -0.25) is 0 Å². The minimum Gasteiger partial charge on any atom is -0.491 e. The molecule has 0 amide bonds. The van der Waals surface area contributed by atoms with Crippen molar-refractivity contribution in [3.63, 3.8) is 0 Å². The molecule has 0 aliphatic heterocycles. The lowest BCUT2D eigenvalue weighted by Gasteiger charge is -2.18. The molecule has 180 valence electrons. The first kappa shape index (κ1) is 24.6. The number of fused-ring (bicyclic) bond motifs is 1. The molecule has 3 aromatic rings. The molecule has 7 heteroatoms. The number of nitrogens with one attached hydrogen (secondary N) is 1. The summed E-state index contributed by atoms with van der Waals surface area (Å²) in [6.45, 7) is 11.9. The fourth-order valence-corrected chi connectivity index (χ4v) is 6.14. The molecule has 0 saturated carbocycles. The van der Waals surface area contributed by atoms with Gasteiger partial charge < -0.3 is 4.74 Å². The molecule has 4 rings (SSSR count). The highest BCUT2D eigenvalue weighted by molar-refractivity contribution is 7.92. The van der Waals surface area contributed by atoms with Crippen molar-refractivity contribution >= 4 is 21.4 Å². The van der Waals surface area contributed by atoms with E-state index in [0.29, 0.717) is 5.92 Å². The maximum atomic E-state index is 12.0. The van der Waals surface area contributed by atoms with Crippen LogP contribution in [0, 0.1) is 0 Å². The Morgan fingerprint density at radius 1 is 1.26 bits per heavy atom. The van der Waals surface area contributed by atoms with Crippen LogP contribution >= 0.6 is 11.3 Å². The number of hydrogen-bond donors (Lipinski definition) is 1. The summed E-state index contributed by atoms with van der Waals surface area (Å²) in [6, 6.07) is 12.2. The largest absolute Gasteiger partial charge is 0.491 e. The summed E-state index contributed by atoms with van der Waals surface area (Å²) in [7, 11) is -3.49. The number of aromatic nitrogens is 1. The van der Waals surface area contributed by atoms with Crippen molar-refractivity contribution in [1.82, 2.24) is 9.71 Å². The Balaban J connectivity index is 1.67. The lowest BCUT2D eigenvalue weighted by atomic mass is 9.96. The highest BCUT2D eigenvalue weighted by Crippen LogP contribution is 2.42. The Morgan fingerprint density at radius 2 is 2.06 bits per heavy atom. The van der Waals surface area contributed by atoms with Gasteiger partial charge in [0.2, 0.25) is 10.0 Å². The van der Waals surface area contributed by atoms with Crippen molar-refractivity contribution in [2.24, 2.45) is 0 Å². The monoisotopic (exact) mass is 496 g/mol. The smallest absolute Gasteiger partial charge is 0.233 e. The number of benzene rings is 2. The summed E-state index contributed by atoms with van der Waals surface area (Å²) in [6.07, 6.45) is 4.65. The zero-order valence-corrected chi connectivity index (χ0v) is 21.8. The third-order valence-corrected chi connectivity index (χ3v) is 8.46. The van der Waals surface area contributed by atoms with Gasteiger partial charge >= 0.3 is 0 Å². The summed E-state index contributed by atoms with van der Waals surface area (Å²) >= 11 is 1.66. The van der Waals surface area contributed by atoms with E-state index >= 15 is 0 Å². The molecule has 34 heavy (non-hydrogen) atoms. The second kappa shape index (κ2) is 10.0. The summed E-state index contributed by atoms with van der Waals surface area (Å²) < 4.78 is 32.8. The summed E-state index contributed by atoms with van der Waals surface area (Å²) in [5.74, 6) is 1.33. The molecule has 1 aliphatic carbocycles. The van der Waals surface area contributed by atoms with Crippen molar-refractivity contribution in [2.45, 2.75) is 65.0 Å². The van der Waals surface area contributed by atoms with Crippen molar-refractivity contribution in [1.29, 1.82) is 0 Å². The molecule has 0 spiro atoms. The van der Waals surface area contributed by atoms with E-state index in [-0.39, 0.29) is 12.1 Å². The minimum atomic E-state index is -3.49. The number of sulfonamides is 1. The standard InChI is InChI=1S/C27H32N2O3S2/c1-6-18(5)23-15-19(11-14-25(23)32-17(3)4)27-28-16-26(33-27)22-10-8-9-21-20(22)12-13-24(21)29-34(30,31)7-2/h7-11,14-18,24,29H,2,6,12-13H2,1,3-5H3. The van der Waals surface area contributed by atoms with E-state index < -0.39 is 10.0 Å². The van der Waals surface area contributed by atoms with Gasteiger partial charge in [-0.2, -0.15) is 0 Å². The Hall–Kier alpha value is -2.48. The lowest BCUT2D eigenvalue weighted by Crippen LogP contribution is -2.25. The van der Waals surface area contributed by atoms with Gasteiger partial charge in [-0.25, -0.2) is 18.1 Å². The van der Waals surface area contributed by atoms with E-state index in [4.69, 9.17) is 9.72 Å². The normalized spacial score (nSPS) is 16.4. The third-order valence-electron chi connectivity index (χ3n) is 6.33. The third kappa shape index (κ3) is 5.11. The van der Waals surface area contributed by atoms with E-state index in [1.165, 1.54) is 11.1 Å². The summed E-state index contributed by atoms with van der Waals surface area (Å²) in [4.78, 5) is 5.84. The van der Waals surface area contributed by atoms with Crippen molar-refractivity contribution in [3.05, 3.63) is 71.3 Å². The minimum absolute atomic E-state index is 0.125. The van der Waals surface area contributed by atoms with Crippen LogP contribution in [0.5, 0.6) is 5.75 Å². The molecule has 2 aromatic carbocycles. The predicted molar refractivity (Wildman–Crippen MR) is 141 cm³/mol. The van der Waals surface area contributed by atoms with Crippen LogP contribution in [0.2, 0.25) is 0 Å². The Morgan fingerprint density at radius 3 is 2.76 bits per heavy atom. The molecule has 1 N–H and O–H groups in total. The van der Waals surface area contributed by atoms with E-state index in [0.717, 1.165) is 57.0 Å². The number of ether oxygens (including phenoxy) is 1. The Bertz CT molecular complexity index is 1290. The van der Waals surface area contributed by atoms with E-state index in [1.807, 2.05) is 32.2 Å². The summed E-state index contributed by atoms with van der Waals surface area (Å²) in [5, 5.41) is 1.94. The van der Waals surface area contributed by atoms with Crippen LogP contribution in [0.1, 0.15) is 69.2 Å². The van der Waals surface area contributed by atoms with Crippen LogP contribution in [0.3, 0.4) is 0 Å². The number of thiazole rings is 1. The van der Waals surface area contributed by atoms with E-state index in [9.17, 15) is 8.42 Å². The van der Waals surface area contributed by atoms with Gasteiger partial charge in [0.15, 0.2) is 0 Å². The molecule has 0 saturated heterocycles. The average Bonchev–Trinajstić information content (AvgIpc) is 3.46. The molecule has 0 radical (unpaired) electrons. The first-order valence-corrected chi connectivity index (χ1v) is 14.1. The van der Waals surface area contributed by atoms with Crippen LogP contribution in [0.15, 0.2) is 54.6 Å². The number of nitrogens with zero attached hydrogens (tertiary/aromatic N) is 1. The first-order valence-electron chi connectivity index (χ1n) is 11.8. The van der Waals surface area contributed by atoms with E-state index in [1.54, 1.807) is 11.3 Å². The Kier molecular flexibility index (Phi) is 7.26. The maximum Gasteiger partial charge on any atom is 0.233 e. The topological polar surface area (TPSA) is 68.3 Å². The lowest BCUT2D eigenvalue weighted by molar-refractivity contribution is 0.239. The molecule has 1 aliphatic rings. The van der Waals surface area contributed by atoms with Crippen LogP contribution in [0.4, 0.5) is 0 Å². The van der Waals surface area contributed by atoms with Crippen molar-refractivity contribution in [3.8, 4) is 26.8 Å². The molecule has 1 heterocycles. The molecular formula is C27H32N2O3S2. The molecule has 0 fully saturated rings. The van der Waals surface area contributed by atoms with Crippen LogP contribution in [0.25, 0.3) is 21.0 Å². The highest BCUT2D eigenvalue weighted by atomic mass is 32.2. The van der Waals surface area contributed by atoms with E-state index in [2.05, 4.69) is 49.4 Å². The summed E-state index contributed by atoms with van der Waals surface area (Å²) in [5.41, 5.74) is 5.65. The molecule has 2 unspecified atom stereocenters. The zero-order chi connectivity index (χ0) is 24.5. The van der Waals surface area contributed by atoms with Gasteiger partial charge in [-0.1, -0.05) is 38.6 Å². The number of hydrogen-bond acceptors (Lipinski definition) is 5. The van der Waals surface area contributed by atoms with Gasteiger partial charge in [0, 0.05) is 23.2 Å². The first-order chi connectivity index (χ1) is 16.2. The molecule has 2 atom stereocenters. The SMILES string of the molecule is C=CS(=O)(=O)NC1CCc2c(-c3cnc(-c4ccc(OC(C)C)c(C(C)CC)c4)s3)cccc21. The van der Waals surface area contributed by atoms with Crippen LogP contribution in [-0.2, 0) is 16.4 Å². The van der Waals surface area contributed by atoms with Gasteiger partial charge in [0.05, 0.1) is 11.0 Å². The second-order valence-corrected chi connectivity index (χ2v) is 11.7. The maximum absolute atomic E-state index is 12.0. The van der Waals surface area contributed by atoms with Crippen LogP contribution in [-0.4, -0.2) is 19.5 Å². The van der Waals surface area contributed by atoms with Crippen molar-refractivity contribution < 1.29 is 13.2 Å². The van der Waals surface area contributed by atoms with Gasteiger partial charge in [-0.15, -0.1) is 11.3 Å². The predicted octanol–water partition coefficient (Wildman–Crippen LogP) is 6.83. The molecular weight excluding hydrogens is 464 g/mol. The molecule has 1 aromatic heterocycles. The molecule has 0 bridgehead atoms. The fraction of sp³-hybridized carbons (Fsp3) is 0.370. The number of rotatable bonds is 9. The van der Waals surface area contributed by atoms with Gasteiger partial charge in [0.25, 0.3) is 0 Å². The van der Waals surface area contributed by atoms with Gasteiger partial charge in [0.1, 0.15) is 10.8 Å². The highest BCUT2D eigenvalue weighted by Gasteiger charge is 2.28. The van der Waals surface area contributed by atoms with Gasteiger partial charge in [-0.05, 0) is 79.5 Å². The average molecular weight is 497 g/mol. The van der Waals surface area contributed by atoms with Crippen molar-refractivity contribution in [2.75, 3.05) is 0 Å². The second-order valence-electron chi connectivity index (χ2n) is 9.05. The fourth-order valence-electron chi connectivity index (χ4n) is 4.43. The molecule has 5 nitrogen and oxygen atoms in total. The van der Waals surface area contributed by atoms with Crippen LogP contribution < -0.4 is 9.46 Å².